The number of aryl methyl sites for hydroxylation is 1. The third-order valence-electron chi connectivity index (χ3n) is 5.64. The standard InChI is InChI=1S/C21H30N4O4/c1-15-18(23-29-22-15)13-21(26)25-10-5-6-17(14-25)24(2)11-9-16-7-8-19(27-3)20(12-16)28-4/h7-8,12,17H,5-6,9-11,13-14H2,1-4H3/t17-/m0/s1. The lowest BCUT2D eigenvalue weighted by Crippen LogP contribution is -2.49. The second-order valence-electron chi connectivity index (χ2n) is 7.53. The largest absolute Gasteiger partial charge is 0.493 e. The van der Waals surface area contributed by atoms with Gasteiger partial charge in [0.15, 0.2) is 11.5 Å². The Morgan fingerprint density at radius 1 is 1.28 bits per heavy atom. The van der Waals surface area contributed by atoms with Gasteiger partial charge in [0.05, 0.1) is 20.6 Å². The molecule has 8 nitrogen and oxygen atoms in total. The number of likely N-dealkylation sites (N-methyl/N-ethyl adjacent to an activating group) is 1. The van der Waals surface area contributed by atoms with E-state index in [4.69, 9.17) is 14.1 Å². The summed E-state index contributed by atoms with van der Waals surface area (Å²) in [7, 11) is 5.42. The fraction of sp³-hybridized carbons (Fsp3) is 0.571. The molecule has 8 heteroatoms. The van der Waals surface area contributed by atoms with Crippen molar-refractivity contribution in [2.45, 2.75) is 38.6 Å². The van der Waals surface area contributed by atoms with Gasteiger partial charge in [-0.1, -0.05) is 16.4 Å². The predicted molar refractivity (Wildman–Crippen MR) is 108 cm³/mol. The van der Waals surface area contributed by atoms with Crippen molar-refractivity contribution in [2.24, 2.45) is 0 Å². The maximum absolute atomic E-state index is 12.7. The predicted octanol–water partition coefficient (Wildman–Crippen LogP) is 2.10. The smallest absolute Gasteiger partial charge is 0.228 e. The first kappa shape index (κ1) is 21.1. The van der Waals surface area contributed by atoms with Gasteiger partial charge in [0.1, 0.15) is 11.4 Å². The Morgan fingerprint density at radius 3 is 2.76 bits per heavy atom. The Hall–Kier alpha value is -2.61. The van der Waals surface area contributed by atoms with Gasteiger partial charge in [-0.3, -0.25) is 4.79 Å². The molecule has 0 radical (unpaired) electrons. The van der Waals surface area contributed by atoms with Crippen LogP contribution >= 0.6 is 0 Å². The Kier molecular flexibility index (Phi) is 7.09. The SMILES string of the molecule is COc1ccc(CCN(C)[C@H]2CCCN(C(=O)Cc3nonc3C)C2)cc1OC. The first-order chi connectivity index (χ1) is 14.0. The summed E-state index contributed by atoms with van der Waals surface area (Å²) < 4.78 is 15.4. The van der Waals surface area contributed by atoms with E-state index in [9.17, 15) is 4.79 Å². The third kappa shape index (κ3) is 5.26. The zero-order chi connectivity index (χ0) is 20.8. The fourth-order valence-electron chi connectivity index (χ4n) is 3.73. The molecule has 1 aromatic heterocycles. The summed E-state index contributed by atoms with van der Waals surface area (Å²) in [5.41, 5.74) is 2.50. The number of methoxy groups -OCH3 is 2. The molecular formula is C21H30N4O4. The Balaban J connectivity index is 1.53. The summed E-state index contributed by atoms with van der Waals surface area (Å²) in [4.78, 5) is 17.0. The number of benzene rings is 1. The van der Waals surface area contributed by atoms with Crippen LogP contribution in [-0.4, -0.2) is 73.0 Å². The molecule has 1 fully saturated rings. The zero-order valence-corrected chi connectivity index (χ0v) is 17.7. The topological polar surface area (TPSA) is 80.9 Å². The summed E-state index contributed by atoms with van der Waals surface area (Å²) in [6.45, 7) is 4.25. The highest BCUT2D eigenvalue weighted by Crippen LogP contribution is 2.28. The van der Waals surface area contributed by atoms with Crippen LogP contribution in [0.5, 0.6) is 11.5 Å². The zero-order valence-electron chi connectivity index (χ0n) is 17.7. The van der Waals surface area contributed by atoms with E-state index >= 15 is 0 Å². The summed E-state index contributed by atoms with van der Waals surface area (Å²) >= 11 is 0. The van der Waals surface area contributed by atoms with Gasteiger partial charge in [-0.15, -0.1) is 0 Å². The summed E-state index contributed by atoms with van der Waals surface area (Å²) in [6, 6.07) is 6.39. The van der Waals surface area contributed by atoms with Crippen LogP contribution in [0.4, 0.5) is 0 Å². The third-order valence-corrected chi connectivity index (χ3v) is 5.64. The van der Waals surface area contributed by atoms with E-state index in [0.717, 1.165) is 50.4 Å². The number of carbonyl (C=O) groups is 1. The highest BCUT2D eigenvalue weighted by atomic mass is 16.6. The molecule has 1 aliphatic rings. The fourth-order valence-corrected chi connectivity index (χ4v) is 3.73. The van der Waals surface area contributed by atoms with E-state index in [1.54, 1.807) is 21.1 Å². The molecule has 0 saturated carbocycles. The minimum atomic E-state index is 0.0850. The van der Waals surface area contributed by atoms with Gasteiger partial charge in [0.2, 0.25) is 5.91 Å². The van der Waals surface area contributed by atoms with Gasteiger partial charge >= 0.3 is 0 Å². The maximum atomic E-state index is 12.7. The minimum absolute atomic E-state index is 0.0850. The highest BCUT2D eigenvalue weighted by Gasteiger charge is 2.27. The van der Waals surface area contributed by atoms with Crippen molar-refractivity contribution in [3.63, 3.8) is 0 Å². The molecule has 1 atom stereocenters. The number of likely N-dealkylation sites (tertiary alicyclic amines) is 1. The van der Waals surface area contributed by atoms with E-state index in [0.29, 0.717) is 17.4 Å². The molecule has 0 bridgehead atoms. The van der Waals surface area contributed by atoms with Crippen molar-refractivity contribution in [3.8, 4) is 11.5 Å². The van der Waals surface area contributed by atoms with E-state index in [1.165, 1.54) is 5.56 Å². The number of hydrogen-bond acceptors (Lipinski definition) is 7. The molecule has 0 N–H and O–H groups in total. The van der Waals surface area contributed by atoms with Gasteiger partial charge < -0.3 is 19.3 Å². The summed E-state index contributed by atoms with van der Waals surface area (Å²) in [5, 5.41) is 7.58. The molecule has 158 valence electrons. The molecular weight excluding hydrogens is 372 g/mol. The number of carbonyl (C=O) groups excluding carboxylic acids is 1. The number of nitrogens with zero attached hydrogens (tertiary/aromatic N) is 4. The highest BCUT2D eigenvalue weighted by molar-refractivity contribution is 5.78. The van der Waals surface area contributed by atoms with Crippen molar-refractivity contribution < 1.29 is 18.9 Å². The summed E-state index contributed by atoms with van der Waals surface area (Å²) in [5.74, 6) is 1.57. The number of aromatic nitrogens is 2. The van der Waals surface area contributed by atoms with Gasteiger partial charge in [0, 0.05) is 25.7 Å². The molecule has 2 aromatic rings. The first-order valence-electron chi connectivity index (χ1n) is 9.98. The average molecular weight is 402 g/mol. The second-order valence-corrected chi connectivity index (χ2v) is 7.53. The molecule has 0 spiro atoms. The average Bonchev–Trinajstić information content (AvgIpc) is 3.16. The normalized spacial score (nSPS) is 16.9. The van der Waals surface area contributed by atoms with Crippen LogP contribution < -0.4 is 9.47 Å². The molecule has 1 aliphatic heterocycles. The van der Waals surface area contributed by atoms with Crippen LogP contribution in [0.15, 0.2) is 22.8 Å². The van der Waals surface area contributed by atoms with Crippen molar-refractivity contribution in [2.75, 3.05) is 40.9 Å². The van der Waals surface area contributed by atoms with Crippen molar-refractivity contribution >= 4 is 5.91 Å². The molecule has 1 amide bonds. The summed E-state index contributed by atoms with van der Waals surface area (Å²) in [6.07, 6.45) is 3.26. The van der Waals surface area contributed by atoms with Gasteiger partial charge in [-0.2, -0.15) is 0 Å². The van der Waals surface area contributed by atoms with Gasteiger partial charge in [0.25, 0.3) is 0 Å². The molecule has 0 unspecified atom stereocenters. The Labute approximate surface area is 171 Å². The monoisotopic (exact) mass is 402 g/mol. The van der Waals surface area contributed by atoms with Crippen LogP contribution in [0, 0.1) is 6.92 Å². The quantitative estimate of drug-likeness (QED) is 0.669. The lowest BCUT2D eigenvalue weighted by molar-refractivity contribution is -0.132. The maximum Gasteiger partial charge on any atom is 0.228 e. The Morgan fingerprint density at radius 2 is 2.07 bits per heavy atom. The molecule has 0 aliphatic carbocycles. The number of piperidine rings is 1. The van der Waals surface area contributed by atoms with E-state index in [2.05, 4.69) is 28.3 Å². The van der Waals surface area contributed by atoms with Crippen molar-refractivity contribution in [1.82, 2.24) is 20.1 Å². The van der Waals surface area contributed by atoms with Gasteiger partial charge in [-0.25, -0.2) is 4.63 Å². The lowest BCUT2D eigenvalue weighted by Gasteiger charge is -2.37. The molecule has 29 heavy (non-hydrogen) atoms. The molecule has 1 saturated heterocycles. The van der Waals surface area contributed by atoms with E-state index in [-0.39, 0.29) is 12.3 Å². The number of amides is 1. The second kappa shape index (κ2) is 9.73. The van der Waals surface area contributed by atoms with Crippen LogP contribution in [-0.2, 0) is 17.6 Å². The Bertz CT molecular complexity index is 823. The van der Waals surface area contributed by atoms with Crippen LogP contribution in [0.1, 0.15) is 29.8 Å². The molecule has 2 heterocycles. The first-order valence-corrected chi connectivity index (χ1v) is 9.98. The van der Waals surface area contributed by atoms with Gasteiger partial charge in [-0.05, 0) is 50.9 Å². The minimum Gasteiger partial charge on any atom is -0.493 e. The van der Waals surface area contributed by atoms with E-state index in [1.807, 2.05) is 17.0 Å². The van der Waals surface area contributed by atoms with Crippen LogP contribution in [0.3, 0.4) is 0 Å². The van der Waals surface area contributed by atoms with Crippen molar-refractivity contribution in [3.05, 3.63) is 35.2 Å². The van der Waals surface area contributed by atoms with Crippen molar-refractivity contribution in [1.29, 1.82) is 0 Å². The van der Waals surface area contributed by atoms with E-state index < -0.39 is 0 Å². The molecule has 3 rings (SSSR count). The lowest BCUT2D eigenvalue weighted by atomic mass is 10.0. The van der Waals surface area contributed by atoms with Crippen LogP contribution in [0.2, 0.25) is 0 Å². The number of hydrogen-bond donors (Lipinski definition) is 0. The van der Waals surface area contributed by atoms with Crippen LogP contribution in [0.25, 0.3) is 0 Å². The molecule has 1 aromatic carbocycles. The number of rotatable bonds is 8. The number of ether oxygens (including phenoxy) is 2.